The van der Waals surface area contributed by atoms with Crippen molar-refractivity contribution >= 4 is 6.09 Å². The smallest absolute Gasteiger partial charge is 0.407 e. The topological polar surface area (TPSA) is 38.3 Å². The molecular weight excluding hydrogens is 233 g/mol. The minimum Gasteiger partial charge on any atom is -0.444 e. The largest absolute Gasteiger partial charge is 0.444 e. The van der Waals surface area contributed by atoms with Crippen molar-refractivity contribution in [3.8, 4) is 0 Å². The molecule has 1 aromatic carbocycles. The zero-order chi connectivity index (χ0) is 13.8. The van der Waals surface area contributed by atoms with Crippen LogP contribution in [0.5, 0.6) is 0 Å². The Kier molecular flexibility index (Phi) is 4.70. The Morgan fingerprint density at radius 3 is 2.61 bits per heavy atom. The SMILES string of the molecule is CCc1ccc(F)c(CNC(=O)OC(C)(C)C)c1. The van der Waals surface area contributed by atoms with Gasteiger partial charge in [-0.05, 0) is 38.8 Å². The number of amides is 1. The number of benzene rings is 1. The van der Waals surface area contributed by atoms with Crippen LogP contribution in [-0.4, -0.2) is 11.7 Å². The van der Waals surface area contributed by atoms with E-state index < -0.39 is 11.7 Å². The molecule has 1 amide bonds. The number of aryl methyl sites for hydroxylation is 1. The van der Waals surface area contributed by atoms with Crippen LogP contribution in [0.2, 0.25) is 0 Å². The van der Waals surface area contributed by atoms with E-state index in [4.69, 9.17) is 4.74 Å². The van der Waals surface area contributed by atoms with Crippen LogP contribution < -0.4 is 5.32 Å². The normalized spacial score (nSPS) is 11.2. The summed E-state index contributed by atoms with van der Waals surface area (Å²) in [5, 5.41) is 2.55. The summed E-state index contributed by atoms with van der Waals surface area (Å²) in [6.45, 7) is 7.48. The van der Waals surface area contributed by atoms with E-state index in [0.29, 0.717) is 5.56 Å². The van der Waals surface area contributed by atoms with Crippen LogP contribution >= 0.6 is 0 Å². The molecule has 0 unspecified atom stereocenters. The Morgan fingerprint density at radius 1 is 1.39 bits per heavy atom. The van der Waals surface area contributed by atoms with Crippen molar-refractivity contribution in [3.05, 3.63) is 35.1 Å². The highest BCUT2D eigenvalue weighted by atomic mass is 19.1. The van der Waals surface area contributed by atoms with Gasteiger partial charge in [0.15, 0.2) is 0 Å². The zero-order valence-electron chi connectivity index (χ0n) is 11.3. The van der Waals surface area contributed by atoms with Crippen LogP contribution in [0.25, 0.3) is 0 Å². The minimum absolute atomic E-state index is 0.134. The van der Waals surface area contributed by atoms with Gasteiger partial charge in [0.05, 0.1) is 0 Å². The minimum atomic E-state index is -0.548. The van der Waals surface area contributed by atoms with Gasteiger partial charge in [-0.25, -0.2) is 9.18 Å². The quantitative estimate of drug-likeness (QED) is 0.896. The fraction of sp³-hybridized carbons (Fsp3) is 0.500. The number of alkyl carbamates (subject to hydrolysis) is 1. The number of halogens is 1. The summed E-state index contributed by atoms with van der Waals surface area (Å²) in [5.74, 6) is -0.316. The number of hydrogen-bond donors (Lipinski definition) is 1. The molecular formula is C14H20FNO2. The lowest BCUT2D eigenvalue weighted by Crippen LogP contribution is -2.32. The molecule has 0 aromatic heterocycles. The van der Waals surface area contributed by atoms with Gasteiger partial charge in [-0.1, -0.05) is 19.1 Å². The van der Waals surface area contributed by atoms with E-state index in [1.807, 2.05) is 6.92 Å². The van der Waals surface area contributed by atoms with E-state index in [1.54, 1.807) is 32.9 Å². The van der Waals surface area contributed by atoms with Gasteiger partial charge >= 0.3 is 6.09 Å². The molecule has 1 aromatic rings. The van der Waals surface area contributed by atoms with Crippen molar-refractivity contribution in [2.45, 2.75) is 46.3 Å². The third-order valence-corrected chi connectivity index (χ3v) is 2.34. The Labute approximate surface area is 107 Å². The van der Waals surface area contributed by atoms with Crippen molar-refractivity contribution in [1.29, 1.82) is 0 Å². The molecule has 18 heavy (non-hydrogen) atoms. The fourth-order valence-electron chi connectivity index (χ4n) is 1.47. The Bertz CT molecular complexity index is 424. The molecule has 0 aliphatic heterocycles. The molecule has 3 nitrogen and oxygen atoms in total. The molecule has 0 aliphatic rings. The summed E-state index contributed by atoms with van der Waals surface area (Å²) in [6, 6.07) is 4.92. The second kappa shape index (κ2) is 5.85. The third kappa shape index (κ3) is 4.73. The molecule has 1 rings (SSSR count). The standard InChI is InChI=1S/C14H20FNO2/c1-5-10-6-7-12(15)11(8-10)9-16-13(17)18-14(2,3)4/h6-8H,5,9H2,1-4H3,(H,16,17). The Balaban J connectivity index is 2.60. The van der Waals surface area contributed by atoms with Crippen molar-refractivity contribution in [1.82, 2.24) is 5.32 Å². The predicted octanol–water partition coefficient (Wildman–Crippen LogP) is 3.41. The summed E-state index contributed by atoms with van der Waals surface area (Å²) >= 11 is 0. The van der Waals surface area contributed by atoms with Crippen LogP contribution in [0.4, 0.5) is 9.18 Å². The fourth-order valence-corrected chi connectivity index (χ4v) is 1.47. The molecule has 0 saturated carbocycles. The van der Waals surface area contributed by atoms with Crippen LogP contribution in [0.3, 0.4) is 0 Å². The molecule has 100 valence electrons. The molecule has 0 heterocycles. The van der Waals surface area contributed by atoms with Crippen molar-refractivity contribution in [3.63, 3.8) is 0 Å². The second-order valence-electron chi connectivity index (χ2n) is 5.13. The summed E-state index contributed by atoms with van der Waals surface area (Å²) in [5.41, 5.74) is 0.964. The van der Waals surface area contributed by atoms with Crippen molar-refractivity contribution < 1.29 is 13.9 Å². The number of hydrogen-bond acceptors (Lipinski definition) is 2. The van der Waals surface area contributed by atoms with Crippen LogP contribution in [0.1, 0.15) is 38.8 Å². The highest BCUT2D eigenvalue weighted by molar-refractivity contribution is 5.67. The van der Waals surface area contributed by atoms with Crippen molar-refractivity contribution in [2.24, 2.45) is 0 Å². The number of ether oxygens (including phenoxy) is 1. The molecule has 0 saturated heterocycles. The van der Waals surface area contributed by atoms with Crippen molar-refractivity contribution in [2.75, 3.05) is 0 Å². The number of nitrogens with one attached hydrogen (secondary N) is 1. The van der Waals surface area contributed by atoms with E-state index in [1.165, 1.54) is 6.07 Å². The number of carbonyl (C=O) groups excluding carboxylic acids is 1. The van der Waals surface area contributed by atoms with Crippen LogP contribution in [0, 0.1) is 5.82 Å². The first-order valence-corrected chi connectivity index (χ1v) is 6.06. The average Bonchev–Trinajstić information content (AvgIpc) is 2.25. The number of rotatable bonds is 3. The zero-order valence-corrected chi connectivity index (χ0v) is 11.3. The maximum absolute atomic E-state index is 13.5. The lowest BCUT2D eigenvalue weighted by atomic mass is 10.1. The first-order valence-electron chi connectivity index (χ1n) is 6.06. The second-order valence-corrected chi connectivity index (χ2v) is 5.13. The summed E-state index contributed by atoms with van der Waals surface area (Å²) < 4.78 is 18.6. The first kappa shape index (κ1) is 14.5. The third-order valence-electron chi connectivity index (χ3n) is 2.34. The maximum atomic E-state index is 13.5. The van der Waals surface area contributed by atoms with E-state index >= 15 is 0 Å². The van der Waals surface area contributed by atoms with Gasteiger partial charge in [-0.15, -0.1) is 0 Å². The lowest BCUT2D eigenvalue weighted by Gasteiger charge is -2.19. The molecule has 0 atom stereocenters. The Morgan fingerprint density at radius 2 is 2.06 bits per heavy atom. The summed E-state index contributed by atoms with van der Waals surface area (Å²) in [4.78, 5) is 11.4. The number of carbonyl (C=O) groups is 1. The first-order chi connectivity index (χ1) is 8.31. The molecule has 1 N–H and O–H groups in total. The van der Waals surface area contributed by atoms with E-state index in [2.05, 4.69) is 5.32 Å². The van der Waals surface area contributed by atoms with Gasteiger partial charge in [0, 0.05) is 12.1 Å². The van der Waals surface area contributed by atoms with Gasteiger partial charge in [-0.3, -0.25) is 0 Å². The molecule has 0 radical (unpaired) electrons. The van der Waals surface area contributed by atoms with Gasteiger partial charge in [0.25, 0.3) is 0 Å². The molecule has 0 fully saturated rings. The van der Waals surface area contributed by atoms with Gasteiger partial charge in [0.2, 0.25) is 0 Å². The van der Waals surface area contributed by atoms with Crippen LogP contribution in [0.15, 0.2) is 18.2 Å². The Hall–Kier alpha value is -1.58. The van der Waals surface area contributed by atoms with Crippen LogP contribution in [-0.2, 0) is 17.7 Å². The van der Waals surface area contributed by atoms with E-state index in [0.717, 1.165) is 12.0 Å². The van der Waals surface area contributed by atoms with Gasteiger partial charge in [0.1, 0.15) is 11.4 Å². The molecule has 0 spiro atoms. The highest BCUT2D eigenvalue weighted by Gasteiger charge is 2.16. The van der Waals surface area contributed by atoms with Gasteiger partial charge < -0.3 is 10.1 Å². The predicted molar refractivity (Wildman–Crippen MR) is 68.9 cm³/mol. The van der Waals surface area contributed by atoms with Gasteiger partial charge in [-0.2, -0.15) is 0 Å². The highest BCUT2D eigenvalue weighted by Crippen LogP contribution is 2.12. The van der Waals surface area contributed by atoms with E-state index in [-0.39, 0.29) is 12.4 Å². The molecule has 0 aliphatic carbocycles. The lowest BCUT2D eigenvalue weighted by molar-refractivity contribution is 0.0523. The monoisotopic (exact) mass is 253 g/mol. The average molecular weight is 253 g/mol. The maximum Gasteiger partial charge on any atom is 0.407 e. The summed E-state index contributed by atoms with van der Waals surface area (Å²) in [6.07, 6.45) is 0.295. The van der Waals surface area contributed by atoms with E-state index in [9.17, 15) is 9.18 Å². The molecule has 4 heteroatoms. The summed E-state index contributed by atoms with van der Waals surface area (Å²) in [7, 11) is 0. The molecule has 0 bridgehead atoms.